The number of benzene rings is 4. The highest BCUT2D eigenvalue weighted by Gasteiger charge is 2.26. The largest absolute Gasteiger partial charge is 0.497 e. The van der Waals surface area contributed by atoms with Crippen LogP contribution < -0.4 is 53.3 Å². The van der Waals surface area contributed by atoms with Crippen LogP contribution in [0, 0.1) is 0 Å². The van der Waals surface area contributed by atoms with Gasteiger partial charge in [-0.25, -0.2) is 0 Å². The Kier molecular flexibility index (Phi) is 15.2. The van der Waals surface area contributed by atoms with Gasteiger partial charge in [0.15, 0.2) is 34.5 Å². The number of nitrogens with one attached hydrogen (secondary N) is 2. The van der Waals surface area contributed by atoms with Crippen LogP contribution in [-0.4, -0.2) is 68.9 Å². The van der Waals surface area contributed by atoms with Gasteiger partial charge in [-0.05, 0) is 84.1 Å². The first-order chi connectivity index (χ1) is 27.3. The van der Waals surface area contributed by atoms with Crippen molar-refractivity contribution in [3.8, 4) is 51.7 Å². The molecule has 56 heavy (non-hydrogen) atoms. The van der Waals surface area contributed by atoms with Gasteiger partial charge < -0.3 is 53.3 Å². The Bertz CT molecular complexity index is 1900. The summed E-state index contributed by atoms with van der Waals surface area (Å²) in [6.45, 7) is 1.16. The van der Waals surface area contributed by atoms with E-state index in [-0.39, 0.29) is 5.91 Å². The molecule has 1 amide bonds. The molecular formula is C44H54N2O10. The summed E-state index contributed by atoms with van der Waals surface area (Å²) in [5.41, 5.74) is 3.93. The molecule has 1 unspecified atom stereocenters. The Morgan fingerprint density at radius 3 is 1.57 bits per heavy atom. The fourth-order valence-electron chi connectivity index (χ4n) is 6.49. The van der Waals surface area contributed by atoms with Crippen molar-refractivity contribution < 1.29 is 47.4 Å². The molecule has 1 heterocycles. The minimum Gasteiger partial charge on any atom is -0.497 e. The molecule has 0 aliphatic carbocycles. The molecule has 0 saturated carbocycles. The molecule has 12 nitrogen and oxygen atoms in total. The molecule has 1 aliphatic rings. The lowest BCUT2D eigenvalue weighted by atomic mass is 10.0. The van der Waals surface area contributed by atoms with Crippen LogP contribution in [0.4, 0.5) is 5.69 Å². The van der Waals surface area contributed by atoms with Crippen LogP contribution in [0.3, 0.4) is 0 Å². The zero-order valence-electron chi connectivity index (χ0n) is 33.5. The van der Waals surface area contributed by atoms with E-state index in [0.29, 0.717) is 70.5 Å². The molecule has 12 heteroatoms. The number of fused-ring (bicyclic) bond motifs is 1. The summed E-state index contributed by atoms with van der Waals surface area (Å²) in [5.74, 6) is 5.27. The molecule has 0 fully saturated rings. The van der Waals surface area contributed by atoms with Crippen LogP contribution in [0.1, 0.15) is 78.2 Å². The average molecular weight is 771 g/mol. The van der Waals surface area contributed by atoms with E-state index in [0.717, 1.165) is 67.3 Å². The van der Waals surface area contributed by atoms with Crippen molar-refractivity contribution in [2.75, 3.05) is 68.3 Å². The predicted octanol–water partition coefficient (Wildman–Crippen LogP) is 8.96. The number of hydrogen-bond donors (Lipinski definition) is 2. The summed E-state index contributed by atoms with van der Waals surface area (Å²) in [5, 5.41) is 6.38. The van der Waals surface area contributed by atoms with E-state index in [1.54, 1.807) is 55.8 Å². The molecule has 2 N–H and O–H groups in total. The van der Waals surface area contributed by atoms with Crippen molar-refractivity contribution in [3.63, 3.8) is 0 Å². The van der Waals surface area contributed by atoms with Gasteiger partial charge in [-0.3, -0.25) is 4.79 Å². The average Bonchev–Trinajstić information content (AvgIpc) is 3.23. The quantitative estimate of drug-likeness (QED) is 0.0588. The fourth-order valence-corrected chi connectivity index (χ4v) is 6.49. The van der Waals surface area contributed by atoms with Crippen molar-refractivity contribution in [2.24, 2.45) is 0 Å². The Labute approximate surface area is 329 Å². The van der Waals surface area contributed by atoms with Crippen molar-refractivity contribution in [1.29, 1.82) is 0 Å². The molecule has 0 bridgehead atoms. The highest BCUT2D eigenvalue weighted by atomic mass is 16.5. The monoisotopic (exact) mass is 770 g/mol. The first-order valence-electron chi connectivity index (χ1n) is 18.8. The predicted molar refractivity (Wildman–Crippen MR) is 218 cm³/mol. The standard InChI is InChI=1S/C44H54N2O10/c1-48-32-18-19-34-33(28-32)44(47)46-43(45-34)31-17-20-35(36(27-31)49-2)55-21-13-11-9-8-10-12-14-22-56-42-39(52-5)25-30(26-40(42)53-6)16-15-29-23-37(50-3)41(54-7)38(24-29)51-4/h15-20,23-28,43,45H,8-14,21-22H2,1-7H3,(H,46,47). The van der Waals surface area contributed by atoms with Crippen LogP contribution in [0.25, 0.3) is 12.2 Å². The third-order valence-corrected chi connectivity index (χ3v) is 9.50. The molecule has 4 aromatic carbocycles. The number of unbranched alkanes of at least 4 members (excludes halogenated alkanes) is 6. The first kappa shape index (κ1) is 41.3. The number of methoxy groups -OCH3 is 7. The molecule has 0 radical (unpaired) electrons. The summed E-state index contributed by atoms with van der Waals surface area (Å²) in [6.07, 6.45) is 10.9. The third-order valence-electron chi connectivity index (χ3n) is 9.50. The van der Waals surface area contributed by atoms with E-state index in [1.165, 1.54) is 0 Å². The van der Waals surface area contributed by atoms with E-state index >= 15 is 0 Å². The number of anilines is 1. The van der Waals surface area contributed by atoms with E-state index < -0.39 is 6.17 Å². The number of rotatable bonds is 22. The number of carbonyl (C=O) groups excluding carboxylic acids is 1. The molecule has 300 valence electrons. The highest BCUT2D eigenvalue weighted by Crippen LogP contribution is 2.41. The topological polar surface area (TPSA) is 124 Å². The number of carbonyl (C=O) groups is 1. The molecule has 0 saturated heterocycles. The number of amides is 1. The Morgan fingerprint density at radius 2 is 1.04 bits per heavy atom. The minimum atomic E-state index is -0.396. The summed E-state index contributed by atoms with van der Waals surface area (Å²) >= 11 is 0. The summed E-state index contributed by atoms with van der Waals surface area (Å²) in [4.78, 5) is 12.8. The third kappa shape index (κ3) is 10.4. The fraction of sp³-hybridized carbons (Fsp3) is 0.386. The molecular weight excluding hydrogens is 716 g/mol. The van der Waals surface area contributed by atoms with Crippen molar-refractivity contribution in [2.45, 2.75) is 51.1 Å². The molecule has 1 aliphatic heterocycles. The van der Waals surface area contributed by atoms with E-state index in [2.05, 4.69) is 10.6 Å². The zero-order valence-corrected chi connectivity index (χ0v) is 33.5. The Hall–Kier alpha value is -5.91. The Morgan fingerprint density at radius 1 is 0.500 bits per heavy atom. The van der Waals surface area contributed by atoms with Crippen LogP contribution in [-0.2, 0) is 0 Å². The molecule has 5 rings (SSSR count). The van der Waals surface area contributed by atoms with Gasteiger partial charge in [-0.15, -0.1) is 0 Å². The molecule has 4 aromatic rings. The normalized spacial score (nSPS) is 13.3. The van der Waals surface area contributed by atoms with Gasteiger partial charge in [-0.2, -0.15) is 0 Å². The lowest BCUT2D eigenvalue weighted by Crippen LogP contribution is -2.38. The van der Waals surface area contributed by atoms with E-state index in [4.69, 9.17) is 42.6 Å². The van der Waals surface area contributed by atoms with Gasteiger partial charge in [0.2, 0.25) is 11.5 Å². The Balaban J connectivity index is 1.01. The van der Waals surface area contributed by atoms with Crippen molar-refractivity contribution in [3.05, 3.63) is 82.9 Å². The SMILES string of the molecule is COc1ccc2c(c1)C(=O)NC(c1ccc(OCCCCCCCCCOc3c(OC)cc(C=Cc4cc(OC)c(OC)c(OC)c4)cc3OC)c(OC)c1)N2. The maximum absolute atomic E-state index is 12.8. The lowest BCUT2D eigenvalue weighted by molar-refractivity contribution is 0.0935. The van der Waals surface area contributed by atoms with Crippen LogP contribution in [0.15, 0.2) is 60.7 Å². The highest BCUT2D eigenvalue weighted by molar-refractivity contribution is 6.02. The second-order valence-corrected chi connectivity index (χ2v) is 13.1. The van der Waals surface area contributed by atoms with Gasteiger partial charge in [0.05, 0.1) is 68.5 Å². The summed E-state index contributed by atoms with van der Waals surface area (Å²) < 4.78 is 50.9. The van der Waals surface area contributed by atoms with Crippen LogP contribution in [0.2, 0.25) is 0 Å². The summed E-state index contributed by atoms with van der Waals surface area (Å²) in [6, 6.07) is 18.7. The minimum absolute atomic E-state index is 0.168. The number of hydrogen-bond acceptors (Lipinski definition) is 11. The number of ether oxygens (including phenoxy) is 9. The first-order valence-corrected chi connectivity index (χ1v) is 18.8. The molecule has 1 atom stereocenters. The smallest absolute Gasteiger partial charge is 0.255 e. The van der Waals surface area contributed by atoms with Crippen LogP contribution >= 0.6 is 0 Å². The van der Waals surface area contributed by atoms with Crippen molar-refractivity contribution in [1.82, 2.24) is 5.32 Å². The summed E-state index contributed by atoms with van der Waals surface area (Å²) in [7, 11) is 11.2. The molecule has 0 aromatic heterocycles. The van der Waals surface area contributed by atoms with Gasteiger partial charge in [0.1, 0.15) is 11.9 Å². The van der Waals surface area contributed by atoms with Gasteiger partial charge in [0, 0.05) is 5.69 Å². The second kappa shape index (κ2) is 20.7. The van der Waals surface area contributed by atoms with E-state index in [9.17, 15) is 4.79 Å². The zero-order chi connectivity index (χ0) is 39.9. The maximum atomic E-state index is 12.8. The lowest BCUT2D eigenvalue weighted by Gasteiger charge is -2.28. The maximum Gasteiger partial charge on any atom is 0.255 e. The second-order valence-electron chi connectivity index (χ2n) is 13.1. The van der Waals surface area contributed by atoms with E-state index in [1.807, 2.05) is 66.7 Å². The van der Waals surface area contributed by atoms with Gasteiger partial charge in [-0.1, -0.05) is 50.3 Å². The molecule has 0 spiro atoms. The van der Waals surface area contributed by atoms with Crippen LogP contribution in [0.5, 0.6) is 51.7 Å². The van der Waals surface area contributed by atoms with Gasteiger partial charge >= 0.3 is 0 Å². The van der Waals surface area contributed by atoms with Crippen molar-refractivity contribution >= 4 is 23.7 Å². The van der Waals surface area contributed by atoms with Gasteiger partial charge in [0.25, 0.3) is 5.91 Å².